The lowest BCUT2D eigenvalue weighted by molar-refractivity contribution is 0.159. The van der Waals surface area contributed by atoms with Crippen molar-refractivity contribution in [3.63, 3.8) is 0 Å². The third-order valence-corrected chi connectivity index (χ3v) is 4.55. The second kappa shape index (κ2) is 4.84. The van der Waals surface area contributed by atoms with Crippen molar-refractivity contribution >= 4 is 0 Å². The quantitative estimate of drug-likeness (QED) is 0.767. The molecule has 0 radical (unpaired) electrons. The van der Waals surface area contributed by atoms with E-state index < -0.39 is 0 Å². The Hall–Kier alpha value is -0.0800. The molecule has 2 heteroatoms. The summed E-state index contributed by atoms with van der Waals surface area (Å²) in [6, 6.07) is 1.69. The minimum atomic E-state index is 0.822. The molecule has 2 nitrogen and oxygen atoms in total. The van der Waals surface area contributed by atoms with Crippen LogP contribution in [0, 0.1) is 11.8 Å². The van der Waals surface area contributed by atoms with E-state index in [4.69, 9.17) is 0 Å². The Bertz CT molecular complexity index is 205. The SMILES string of the molecule is CCC1CCC(C)N1CC1CNCC1C. The zero-order valence-corrected chi connectivity index (χ0v) is 10.5. The third-order valence-electron chi connectivity index (χ3n) is 4.55. The van der Waals surface area contributed by atoms with Gasteiger partial charge < -0.3 is 5.32 Å². The topological polar surface area (TPSA) is 15.3 Å². The van der Waals surface area contributed by atoms with E-state index in [0.29, 0.717) is 0 Å². The Balaban J connectivity index is 1.91. The fraction of sp³-hybridized carbons (Fsp3) is 1.00. The van der Waals surface area contributed by atoms with Crippen LogP contribution in [-0.2, 0) is 0 Å². The summed E-state index contributed by atoms with van der Waals surface area (Å²) in [4.78, 5) is 2.77. The monoisotopic (exact) mass is 210 g/mol. The third kappa shape index (κ3) is 2.36. The van der Waals surface area contributed by atoms with Crippen LogP contribution in [0.1, 0.15) is 40.0 Å². The standard InChI is InChI=1S/C13H26N2/c1-4-13-6-5-11(3)15(13)9-12-8-14-7-10(12)2/h10-14H,4-9H2,1-3H3. The van der Waals surface area contributed by atoms with E-state index in [2.05, 4.69) is 31.0 Å². The maximum atomic E-state index is 3.52. The van der Waals surface area contributed by atoms with Crippen molar-refractivity contribution in [2.24, 2.45) is 11.8 Å². The molecule has 0 aromatic heterocycles. The summed E-state index contributed by atoms with van der Waals surface area (Å²) in [7, 11) is 0. The highest BCUT2D eigenvalue weighted by Gasteiger charge is 2.33. The molecule has 2 fully saturated rings. The minimum Gasteiger partial charge on any atom is -0.316 e. The molecule has 0 spiro atoms. The predicted molar refractivity (Wildman–Crippen MR) is 65.0 cm³/mol. The van der Waals surface area contributed by atoms with E-state index in [9.17, 15) is 0 Å². The van der Waals surface area contributed by atoms with E-state index in [0.717, 1.165) is 23.9 Å². The number of nitrogens with zero attached hydrogens (tertiary/aromatic N) is 1. The summed E-state index contributed by atoms with van der Waals surface area (Å²) in [5.41, 5.74) is 0. The van der Waals surface area contributed by atoms with Crippen LogP contribution in [-0.4, -0.2) is 36.6 Å². The summed E-state index contributed by atoms with van der Waals surface area (Å²) in [5, 5.41) is 3.52. The van der Waals surface area contributed by atoms with Gasteiger partial charge in [-0.1, -0.05) is 13.8 Å². The van der Waals surface area contributed by atoms with Crippen LogP contribution >= 0.6 is 0 Å². The molecule has 0 saturated carbocycles. The first-order valence-corrected chi connectivity index (χ1v) is 6.68. The van der Waals surface area contributed by atoms with Gasteiger partial charge >= 0.3 is 0 Å². The van der Waals surface area contributed by atoms with E-state index >= 15 is 0 Å². The molecule has 4 atom stereocenters. The van der Waals surface area contributed by atoms with Gasteiger partial charge in [0.15, 0.2) is 0 Å². The molecular weight excluding hydrogens is 184 g/mol. The average Bonchev–Trinajstić information content (AvgIpc) is 2.77. The maximum absolute atomic E-state index is 3.52. The fourth-order valence-electron chi connectivity index (χ4n) is 3.27. The van der Waals surface area contributed by atoms with Crippen molar-refractivity contribution in [3.05, 3.63) is 0 Å². The molecule has 0 aromatic carbocycles. The molecule has 1 N–H and O–H groups in total. The maximum Gasteiger partial charge on any atom is 0.00961 e. The van der Waals surface area contributed by atoms with Crippen molar-refractivity contribution in [2.75, 3.05) is 19.6 Å². The smallest absolute Gasteiger partial charge is 0.00961 e. The zero-order valence-electron chi connectivity index (χ0n) is 10.5. The Morgan fingerprint density at radius 2 is 2.00 bits per heavy atom. The van der Waals surface area contributed by atoms with Crippen LogP contribution in [0.2, 0.25) is 0 Å². The molecular formula is C13H26N2. The zero-order chi connectivity index (χ0) is 10.8. The first-order chi connectivity index (χ1) is 7.22. The van der Waals surface area contributed by atoms with Gasteiger partial charge in [0, 0.05) is 18.6 Å². The number of rotatable bonds is 3. The normalized spacial score (nSPS) is 42.6. The van der Waals surface area contributed by atoms with Gasteiger partial charge in [0.05, 0.1) is 0 Å². The van der Waals surface area contributed by atoms with Crippen molar-refractivity contribution in [2.45, 2.75) is 52.1 Å². The van der Waals surface area contributed by atoms with Crippen molar-refractivity contribution in [3.8, 4) is 0 Å². The Labute approximate surface area is 94.4 Å². The molecule has 4 unspecified atom stereocenters. The van der Waals surface area contributed by atoms with Gasteiger partial charge in [-0.25, -0.2) is 0 Å². The van der Waals surface area contributed by atoms with Gasteiger partial charge in [-0.2, -0.15) is 0 Å². The molecule has 2 heterocycles. The summed E-state index contributed by atoms with van der Waals surface area (Å²) >= 11 is 0. The van der Waals surface area contributed by atoms with Gasteiger partial charge in [-0.15, -0.1) is 0 Å². The molecule has 15 heavy (non-hydrogen) atoms. The second-order valence-electron chi connectivity index (χ2n) is 5.58. The first kappa shape index (κ1) is 11.4. The summed E-state index contributed by atoms with van der Waals surface area (Å²) in [6.45, 7) is 10.9. The molecule has 2 saturated heterocycles. The highest BCUT2D eigenvalue weighted by molar-refractivity contribution is 4.89. The van der Waals surface area contributed by atoms with Crippen molar-refractivity contribution < 1.29 is 0 Å². The molecule has 2 rings (SSSR count). The lowest BCUT2D eigenvalue weighted by Crippen LogP contribution is -2.39. The number of hydrogen-bond donors (Lipinski definition) is 1. The van der Waals surface area contributed by atoms with Crippen LogP contribution in [0.25, 0.3) is 0 Å². The molecule has 0 bridgehead atoms. The van der Waals surface area contributed by atoms with Crippen LogP contribution in [0.4, 0.5) is 0 Å². The van der Waals surface area contributed by atoms with Gasteiger partial charge in [0.2, 0.25) is 0 Å². The Morgan fingerprint density at radius 3 is 2.60 bits per heavy atom. The van der Waals surface area contributed by atoms with E-state index in [1.807, 2.05) is 0 Å². The van der Waals surface area contributed by atoms with Crippen LogP contribution in [0.15, 0.2) is 0 Å². The van der Waals surface area contributed by atoms with E-state index in [1.165, 1.54) is 38.9 Å². The largest absolute Gasteiger partial charge is 0.316 e. The fourth-order valence-corrected chi connectivity index (χ4v) is 3.27. The second-order valence-corrected chi connectivity index (χ2v) is 5.58. The Kier molecular flexibility index (Phi) is 3.68. The minimum absolute atomic E-state index is 0.822. The number of hydrogen-bond acceptors (Lipinski definition) is 2. The van der Waals surface area contributed by atoms with E-state index in [1.54, 1.807) is 0 Å². The predicted octanol–water partition coefficient (Wildman–Crippen LogP) is 2.10. The lowest BCUT2D eigenvalue weighted by Gasteiger charge is -2.31. The summed E-state index contributed by atoms with van der Waals surface area (Å²) in [5.74, 6) is 1.76. The molecule has 0 amide bonds. The van der Waals surface area contributed by atoms with Gasteiger partial charge in [0.1, 0.15) is 0 Å². The molecule has 88 valence electrons. The molecule has 0 aliphatic carbocycles. The van der Waals surface area contributed by atoms with Gasteiger partial charge in [-0.3, -0.25) is 4.90 Å². The first-order valence-electron chi connectivity index (χ1n) is 6.68. The number of likely N-dealkylation sites (tertiary alicyclic amines) is 1. The average molecular weight is 210 g/mol. The van der Waals surface area contributed by atoms with Crippen LogP contribution in [0.5, 0.6) is 0 Å². The van der Waals surface area contributed by atoms with Crippen LogP contribution < -0.4 is 5.32 Å². The number of nitrogens with one attached hydrogen (secondary N) is 1. The highest BCUT2D eigenvalue weighted by Crippen LogP contribution is 2.29. The van der Waals surface area contributed by atoms with Gasteiger partial charge in [-0.05, 0) is 51.1 Å². The lowest BCUT2D eigenvalue weighted by atomic mass is 9.97. The molecule has 0 aromatic rings. The molecule has 2 aliphatic heterocycles. The summed E-state index contributed by atoms with van der Waals surface area (Å²) in [6.07, 6.45) is 4.16. The van der Waals surface area contributed by atoms with Crippen molar-refractivity contribution in [1.29, 1.82) is 0 Å². The summed E-state index contributed by atoms with van der Waals surface area (Å²) < 4.78 is 0. The van der Waals surface area contributed by atoms with Crippen LogP contribution in [0.3, 0.4) is 0 Å². The highest BCUT2D eigenvalue weighted by atomic mass is 15.2. The molecule has 2 aliphatic rings. The Morgan fingerprint density at radius 1 is 1.20 bits per heavy atom. The van der Waals surface area contributed by atoms with Crippen molar-refractivity contribution in [1.82, 2.24) is 10.2 Å². The van der Waals surface area contributed by atoms with Gasteiger partial charge in [0.25, 0.3) is 0 Å². The van der Waals surface area contributed by atoms with E-state index in [-0.39, 0.29) is 0 Å².